The number of hydrogen-bond donors (Lipinski definition) is 0. The van der Waals surface area contributed by atoms with Gasteiger partial charge in [0.1, 0.15) is 0 Å². The Labute approximate surface area is 110 Å². The van der Waals surface area contributed by atoms with Crippen LogP contribution in [0.2, 0.25) is 0 Å². The third kappa shape index (κ3) is 1.23. The van der Waals surface area contributed by atoms with E-state index in [0.717, 1.165) is 0 Å². The van der Waals surface area contributed by atoms with Crippen LogP contribution in [0.4, 0.5) is 0 Å². The fraction of sp³-hybridized carbons (Fsp3) is 0.250. The average molecular weight is 285 g/mol. The summed E-state index contributed by atoms with van der Waals surface area (Å²) in [7, 11) is 0. The molecule has 0 heterocycles. The summed E-state index contributed by atoms with van der Waals surface area (Å²) in [6.45, 7) is 0. The van der Waals surface area contributed by atoms with Gasteiger partial charge in [-0.15, -0.1) is 0 Å². The number of fused-ring (bicyclic) bond motifs is 1. The van der Waals surface area contributed by atoms with Gasteiger partial charge in [-0.2, -0.15) is 0 Å². The monoisotopic (exact) mass is 284 g/mol. The summed E-state index contributed by atoms with van der Waals surface area (Å²) in [6.07, 6.45) is 1.23. The van der Waals surface area contributed by atoms with Crippen molar-refractivity contribution in [3.8, 4) is 0 Å². The van der Waals surface area contributed by atoms with Gasteiger partial charge in [-0.1, -0.05) is 64.5 Å². The van der Waals surface area contributed by atoms with Crippen LogP contribution in [0.1, 0.15) is 40.5 Å². The predicted molar refractivity (Wildman–Crippen MR) is 73.9 cm³/mol. The second-order valence-corrected chi connectivity index (χ2v) is 6.22. The molecule has 0 radical (unpaired) electrons. The Balaban J connectivity index is 2.04. The lowest BCUT2D eigenvalue weighted by Crippen LogP contribution is -2.32. The molecule has 0 fully saturated rings. The lowest BCUT2D eigenvalue weighted by molar-refractivity contribution is 0.540. The molecule has 5 rings (SSSR count). The van der Waals surface area contributed by atoms with Gasteiger partial charge >= 0.3 is 0 Å². The zero-order valence-corrected chi connectivity index (χ0v) is 11.0. The van der Waals surface area contributed by atoms with Crippen LogP contribution in [0, 0.1) is 0 Å². The first-order valence-corrected chi connectivity index (χ1v) is 7.09. The highest BCUT2D eigenvalue weighted by Crippen LogP contribution is 2.54. The topological polar surface area (TPSA) is 0 Å². The van der Waals surface area contributed by atoms with E-state index in [1.54, 1.807) is 11.1 Å². The van der Waals surface area contributed by atoms with Gasteiger partial charge in [0.2, 0.25) is 0 Å². The quantitative estimate of drug-likeness (QED) is 0.628. The molecule has 0 aromatic heterocycles. The Bertz CT molecular complexity index is 540. The van der Waals surface area contributed by atoms with Gasteiger partial charge in [-0.25, -0.2) is 0 Å². The van der Waals surface area contributed by atoms with E-state index < -0.39 is 0 Å². The second-order valence-electron chi connectivity index (χ2n) is 5.04. The summed E-state index contributed by atoms with van der Waals surface area (Å²) in [5, 5.41) is 0. The number of rotatable bonds is 0. The normalized spacial score (nSPS) is 28.6. The molecule has 0 N–H and O–H groups in total. The summed E-state index contributed by atoms with van der Waals surface area (Å²) >= 11 is 3.89. The van der Waals surface area contributed by atoms with Gasteiger partial charge in [0.15, 0.2) is 0 Å². The summed E-state index contributed by atoms with van der Waals surface area (Å²) < 4.78 is 0. The van der Waals surface area contributed by atoms with E-state index >= 15 is 0 Å². The highest BCUT2D eigenvalue weighted by atomic mass is 79.9. The van der Waals surface area contributed by atoms with Crippen molar-refractivity contribution in [3.05, 3.63) is 70.8 Å². The molecule has 2 aromatic carbocycles. The van der Waals surface area contributed by atoms with Gasteiger partial charge < -0.3 is 0 Å². The maximum absolute atomic E-state index is 3.89. The molecule has 3 aliphatic rings. The molecule has 0 amide bonds. The molecule has 1 atom stereocenters. The lowest BCUT2D eigenvalue weighted by Gasteiger charge is -2.43. The second kappa shape index (κ2) is 3.46. The molecule has 2 aromatic rings. The minimum Gasteiger partial charge on any atom is -0.0880 e. The van der Waals surface area contributed by atoms with Gasteiger partial charge in [0, 0.05) is 16.7 Å². The van der Waals surface area contributed by atoms with E-state index in [1.807, 2.05) is 0 Å². The zero-order chi connectivity index (χ0) is 11.4. The molecule has 0 unspecified atom stereocenters. The maximum Gasteiger partial charge on any atom is 0.0264 e. The number of alkyl halides is 1. The Morgan fingerprint density at radius 2 is 1.24 bits per heavy atom. The van der Waals surface area contributed by atoms with E-state index in [-0.39, 0.29) is 0 Å². The van der Waals surface area contributed by atoms with Gasteiger partial charge in [-0.05, 0) is 28.7 Å². The number of hydrogen-bond acceptors (Lipinski definition) is 0. The van der Waals surface area contributed by atoms with Crippen LogP contribution in [0.25, 0.3) is 0 Å². The Kier molecular flexibility index (Phi) is 2.01. The van der Waals surface area contributed by atoms with Crippen molar-refractivity contribution in [1.29, 1.82) is 0 Å². The SMILES string of the molecule is Br[C@H]1CC2c3ccccc3C1c1ccccc12. The first-order valence-electron chi connectivity index (χ1n) is 6.18. The van der Waals surface area contributed by atoms with Crippen LogP contribution in [-0.4, -0.2) is 4.83 Å². The average Bonchev–Trinajstić information content (AvgIpc) is 2.39. The van der Waals surface area contributed by atoms with Crippen molar-refractivity contribution >= 4 is 15.9 Å². The molecule has 0 aliphatic heterocycles. The fourth-order valence-electron chi connectivity index (χ4n) is 3.56. The van der Waals surface area contributed by atoms with Crippen LogP contribution in [0.15, 0.2) is 48.5 Å². The smallest absolute Gasteiger partial charge is 0.0264 e. The van der Waals surface area contributed by atoms with E-state index in [4.69, 9.17) is 0 Å². The first-order chi connectivity index (χ1) is 8.36. The van der Waals surface area contributed by atoms with Crippen molar-refractivity contribution < 1.29 is 0 Å². The zero-order valence-electron chi connectivity index (χ0n) is 9.44. The molecule has 17 heavy (non-hydrogen) atoms. The lowest BCUT2D eigenvalue weighted by atomic mass is 9.64. The molecule has 3 aliphatic carbocycles. The molecule has 84 valence electrons. The largest absolute Gasteiger partial charge is 0.0880 e. The minimum atomic E-state index is 0.549. The fourth-order valence-corrected chi connectivity index (χ4v) is 4.51. The third-order valence-corrected chi connectivity index (χ3v) is 5.14. The van der Waals surface area contributed by atoms with Crippen LogP contribution < -0.4 is 0 Å². The van der Waals surface area contributed by atoms with Gasteiger partial charge in [-0.3, -0.25) is 0 Å². The van der Waals surface area contributed by atoms with Crippen LogP contribution >= 0.6 is 15.9 Å². The third-order valence-electron chi connectivity index (χ3n) is 4.24. The van der Waals surface area contributed by atoms with Gasteiger partial charge in [0.05, 0.1) is 0 Å². The van der Waals surface area contributed by atoms with Crippen LogP contribution in [0.5, 0.6) is 0 Å². The van der Waals surface area contributed by atoms with Crippen molar-refractivity contribution in [2.24, 2.45) is 0 Å². The summed E-state index contributed by atoms with van der Waals surface area (Å²) in [5.74, 6) is 1.14. The van der Waals surface area contributed by atoms with Crippen molar-refractivity contribution in [1.82, 2.24) is 0 Å². The molecule has 0 saturated carbocycles. The molecular weight excluding hydrogens is 272 g/mol. The number of halogens is 1. The first kappa shape index (κ1) is 9.90. The predicted octanol–water partition coefficient (Wildman–Crippen LogP) is 4.43. The summed E-state index contributed by atoms with van der Waals surface area (Å²) in [4.78, 5) is 0.595. The molecule has 0 nitrogen and oxygen atoms in total. The Morgan fingerprint density at radius 3 is 1.76 bits per heavy atom. The highest BCUT2D eigenvalue weighted by Gasteiger charge is 2.41. The molecule has 0 saturated heterocycles. The molecule has 2 bridgehead atoms. The van der Waals surface area contributed by atoms with Gasteiger partial charge in [0.25, 0.3) is 0 Å². The van der Waals surface area contributed by atoms with Crippen molar-refractivity contribution in [3.63, 3.8) is 0 Å². The van der Waals surface area contributed by atoms with E-state index in [9.17, 15) is 0 Å². The Hall–Kier alpha value is -1.08. The maximum atomic E-state index is 3.89. The molecule has 0 spiro atoms. The van der Waals surface area contributed by atoms with E-state index in [1.165, 1.54) is 17.5 Å². The van der Waals surface area contributed by atoms with E-state index in [0.29, 0.717) is 16.7 Å². The van der Waals surface area contributed by atoms with Crippen LogP contribution in [0.3, 0.4) is 0 Å². The molecule has 1 heteroatoms. The van der Waals surface area contributed by atoms with Crippen LogP contribution in [-0.2, 0) is 0 Å². The standard InChI is InChI=1S/C16H13Br/c17-15-9-14-10-5-1-3-7-12(10)16(15)13-8-4-2-6-11(13)14/h1-8,14-16H,9H2/t14?,15-,16?/m0/s1. The van der Waals surface area contributed by atoms with Crippen molar-refractivity contribution in [2.75, 3.05) is 0 Å². The summed E-state index contributed by atoms with van der Waals surface area (Å²) in [5.41, 5.74) is 6.16. The molecular formula is C16H13Br. The summed E-state index contributed by atoms with van der Waals surface area (Å²) in [6, 6.07) is 17.9. The minimum absolute atomic E-state index is 0.549. The van der Waals surface area contributed by atoms with Crippen molar-refractivity contribution in [2.45, 2.75) is 23.1 Å². The van der Waals surface area contributed by atoms with E-state index in [2.05, 4.69) is 64.5 Å². The number of benzene rings is 2. The Morgan fingerprint density at radius 1 is 0.765 bits per heavy atom. The highest BCUT2D eigenvalue weighted by molar-refractivity contribution is 9.09.